The van der Waals surface area contributed by atoms with Crippen molar-refractivity contribution in [1.82, 2.24) is 5.32 Å². The van der Waals surface area contributed by atoms with E-state index in [0.29, 0.717) is 5.41 Å². The Morgan fingerprint density at radius 2 is 1.89 bits per heavy atom. The molecule has 0 radical (unpaired) electrons. The minimum Gasteiger partial charge on any atom is -0.381 e. The van der Waals surface area contributed by atoms with Gasteiger partial charge in [0.25, 0.3) is 0 Å². The van der Waals surface area contributed by atoms with E-state index in [0.717, 1.165) is 26.3 Å². The van der Waals surface area contributed by atoms with E-state index < -0.39 is 0 Å². The van der Waals surface area contributed by atoms with E-state index in [2.05, 4.69) is 59.1 Å². The van der Waals surface area contributed by atoms with Crippen LogP contribution in [0.15, 0.2) is 24.3 Å². The SMILES string of the molecule is CCNCC1(Cc2ccc(I)cc2)CCOCC1. The average Bonchev–Trinajstić information content (AvgIpc) is 2.40. The van der Waals surface area contributed by atoms with E-state index in [-0.39, 0.29) is 0 Å². The molecule has 18 heavy (non-hydrogen) atoms. The molecule has 0 unspecified atom stereocenters. The van der Waals surface area contributed by atoms with E-state index in [1.54, 1.807) is 0 Å². The molecule has 1 fully saturated rings. The van der Waals surface area contributed by atoms with E-state index in [1.165, 1.54) is 28.4 Å². The number of rotatable bonds is 5. The summed E-state index contributed by atoms with van der Waals surface area (Å²) in [7, 11) is 0. The Kier molecular flexibility index (Phi) is 5.45. The lowest BCUT2D eigenvalue weighted by atomic mass is 9.75. The van der Waals surface area contributed by atoms with Crippen LogP contribution < -0.4 is 5.32 Å². The maximum absolute atomic E-state index is 5.53. The van der Waals surface area contributed by atoms with E-state index in [1.807, 2.05) is 0 Å². The van der Waals surface area contributed by atoms with Gasteiger partial charge in [0.15, 0.2) is 0 Å². The van der Waals surface area contributed by atoms with Crippen molar-refractivity contribution >= 4 is 22.6 Å². The molecule has 0 bridgehead atoms. The van der Waals surface area contributed by atoms with Crippen molar-refractivity contribution in [3.05, 3.63) is 33.4 Å². The third-order valence-electron chi connectivity index (χ3n) is 3.80. The molecule has 1 N–H and O–H groups in total. The second-order valence-corrected chi connectivity index (χ2v) is 6.44. The van der Waals surface area contributed by atoms with Gasteiger partial charge in [0, 0.05) is 23.3 Å². The average molecular weight is 359 g/mol. The Hall–Kier alpha value is -0.130. The molecule has 2 rings (SSSR count). The van der Waals surface area contributed by atoms with Gasteiger partial charge in [-0.1, -0.05) is 19.1 Å². The van der Waals surface area contributed by atoms with Crippen molar-refractivity contribution in [3.63, 3.8) is 0 Å². The Bertz CT molecular complexity index is 357. The highest BCUT2D eigenvalue weighted by molar-refractivity contribution is 14.1. The summed E-state index contributed by atoms with van der Waals surface area (Å²) >= 11 is 2.36. The van der Waals surface area contributed by atoms with Crippen LogP contribution in [0.2, 0.25) is 0 Å². The van der Waals surface area contributed by atoms with Crippen LogP contribution in [0.3, 0.4) is 0 Å². The van der Waals surface area contributed by atoms with Gasteiger partial charge in [-0.25, -0.2) is 0 Å². The quantitative estimate of drug-likeness (QED) is 0.815. The van der Waals surface area contributed by atoms with Crippen LogP contribution in [0.25, 0.3) is 0 Å². The molecule has 1 aromatic carbocycles. The Balaban J connectivity index is 2.06. The predicted molar refractivity (Wildman–Crippen MR) is 83.9 cm³/mol. The summed E-state index contributed by atoms with van der Waals surface area (Å²) in [6.07, 6.45) is 3.51. The second kappa shape index (κ2) is 6.87. The summed E-state index contributed by atoms with van der Waals surface area (Å²) in [6, 6.07) is 8.95. The first-order valence-electron chi connectivity index (χ1n) is 6.77. The highest BCUT2D eigenvalue weighted by Gasteiger charge is 2.32. The molecular formula is C15H22INO. The zero-order valence-electron chi connectivity index (χ0n) is 11.0. The zero-order valence-corrected chi connectivity index (χ0v) is 13.2. The number of benzene rings is 1. The Morgan fingerprint density at radius 3 is 2.50 bits per heavy atom. The van der Waals surface area contributed by atoms with Gasteiger partial charge in [-0.05, 0) is 71.5 Å². The number of hydrogen-bond donors (Lipinski definition) is 1. The minimum absolute atomic E-state index is 0.390. The van der Waals surface area contributed by atoms with Crippen molar-refractivity contribution < 1.29 is 4.74 Å². The van der Waals surface area contributed by atoms with Crippen molar-refractivity contribution in [2.75, 3.05) is 26.3 Å². The van der Waals surface area contributed by atoms with Gasteiger partial charge in [0.2, 0.25) is 0 Å². The summed E-state index contributed by atoms with van der Waals surface area (Å²) in [6.45, 7) is 6.16. The monoisotopic (exact) mass is 359 g/mol. The second-order valence-electron chi connectivity index (χ2n) is 5.20. The number of halogens is 1. The van der Waals surface area contributed by atoms with Gasteiger partial charge in [-0.15, -0.1) is 0 Å². The number of hydrogen-bond acceptors (Lipinski definition) is 2. The van der Waals surface area contributed by atoms with E-state index in [4.69, 9.17) is 4.74 Å². The minimum atomic E-state index is 0.390. The molecular weight excluding hydrogens is 337 g/mol. The molecule has 1 saturated heterocycles. The van der Waals surface area contributed by atoms with Crippen molar-refractivity contribution in [2.45, 2.75) is 26.2 Å². The molecule has 0 spiro atoms. The smallest absolute Gasteiger partial charge is 0.0471 e. The van der Waals surface area contributed by atoms with Crippen molar-refractivity contribution in [2.24, 2.45) is 5.41 Å². The van der Waals surface area contributed by atoms with Crippen LogP contribution in [0.1, 0.15) is 25.3 Å². The summed E-state index contributed by atoms with van der Waals surface area (Å²) in [4.78, 5) is 0. The largest absolute Gasteiger partial charge is 0.381 e. The van der Waals surface area contributed by atoms with Crippen LogP contribution >= 0.6 is 22.6 Å². The lowest BCUT2D eigenvalue weighted by Crippen LogP contribution is -2.40. The van der Waals surface area contributed by atoms with Crippen LogP contribution in [-0.4, -0.2) is 26.3 Å². The van der Waals surface area contributed by atoms with Crippen LogP contribution in [0, 0.1) is 8.99 Å². The van der Waals surface area contributed by atoms with Crippen LogP contribution in [0.5, 0.6) is 0 Å². The first kappa shape index (κ1) is 14.3. The number of ether oxygens (including phenoxy) is 1. The Labute approximate surface area is 124 Å². The zero-order chi connectivity index (χ0) is 12.8. The third-order valence-corrected chi connectivity index (χ3v) is 4.52. The lowest BCUT2D eigenvalue weighted by Gasteiger charge is -2.37. The molecule has 100 valence electrons. The van der Waals surface area contributed by atoms with Gasteiger partial charge in [-0.3, -0.25) is 0 Å². The summed E-state index contributed by atoms with van der Waals surface area (Å²) in [5.74, 6) is 0. The van der Waals surface area contributed by atoms with Crippen LogP contribution in [-0.2, 0) is 11.2 Å². The molecule has 1 aliphatic rings. The number of nitrogens with one attached hydrogen (secondary N) is 1. The molecule has 2 nitrogen and oxygen atoms in total. The van der Waals surface area contributed by atoms with Crippen molar-refractivity contribution in [3.8, 4) is 0 Å². The van der Waals surface area contributed by atoms with Gasteiger partial charge in [0.05, 0.1) is 0 Å². The molecule has 0 aliphatic carbocycles. The van der Waals surface area contributed by atoms with Gasteiger partial charge >= 0.3 is 0 Å². The molecule has 1 heterocycles. The maximum atomic E-state index is 5.53. The van der Waals surface area contributed by atoms with Crippen molar-refractivity contribution in [1.29, 1.82) is 0 Å². The molecule has 0 atom stereocenters. The lowest BCUT2D eigenvalue weighted by molar-refractivity contribution is 0.0152. The molecule has 0 aromatic heterocycles. The molecule has 1 aliphatic heterocycles. The standard InChI is InChI=1S/C15H22INO/c1-2-17-12-15(7-9-18-10-8-15)11-13-3-5-14(16)6-4-13/h3-6,17H,2,7-12H2,1H3. The fraction of sp³-hybridized carbons (Fsp3) is 0.600. The first-order valence-corrected chi connectivity index (χ1v) is 7.85. The first-order chi connectivity index (χ1) is 8.74. The fourth-order valence-corrected chi connectivity index (χ4v) is 3.01. The highest BCUT2D eigenvalue weighted by Crippen LogP contribution is 2.33. The molecule has 3 heteroatoms. The summed E-state index contributed by atoms with van der Waals surface area (Å²) in [5, 5.41) is 3.53. The van der Waals surface area contributed by atoms with Gasteiger partial charge < -0.3 is 10.1 Å². The van der Waals surface area contributed by atoms with Gasteiger partial charge in [0.1, 0.15) is 0 Å². The maximum Gasteiger partial charge on any atom is 0.0471 e. The highest BCUT2D eigenvalue weighted by atomic mass is 127. The Morgan fingerprint density at radius 1 is 1.22 bits per heavy atom. The van der Waals surface area contributed by atoms with Crippen LogP contribution in [0.4, 0.5) is 0 Å². The molecule has 0 saturated carbocycles. The normalized spacial score (nSPS) is 18.8. The van der Waals surface area contributed by atoms with Gasteiger partial charge in [-0.2, -0.15) is 0 Å². The van der Waals surface area contributed by atoms with E-state index in [9.17, 15) is 0 Å². The summed E-state index contributed by atoms with van der Waals surface area (Å²) in [5.41, 5.74) is 1.84. The molecule has 1 aromatic rings. The topological polar surface area (TPSA) is 21.3 Å². The van der Waals surface area contributed by atoms with E-state index >= 15 is 0 Å². The molecule has 0 amide bonds. The fourth-order valence-electron chi connectivity index (χ4n) is 2.65. The predicted octanol–water partition coefficient (Wildman–Crippen LogP) is 3.24. The third kappa shape index (κ3) is 3.93. The summed E-state index contributed by atoms with van der Waals surface area (Å²) < 4.78 is 6.84.